The predicted molar refractivity (Wildman–Crippen MR) is 169 cm³/mol. The molecule has 2 rings (SSSR count). The molecule has 0 aromatic heterocycles. The number of likely N-dealkylation sites (N-methyl/N-ethyl adjacent to an activating group) is 1. The van der Waals surface area contributed by atoms with Gasteiger partial charge in [0.25, 0.3) is 0 Å². The van der Waals surface area contributed by atoms with Gasteiger partial charge in [-0.05, 0) is 67.9 Å². The van der Waals surface area contributed by atoms with Crippen molar-refractivity contribution in [2.45, 2.75) is 71.0 Å². The molecule has 242 valence electrons. The smallest absolute Gasteiger partial charge is 0.423 e. The molecule has 0 saturated carbocycles. The third-order valence-corrected chi connectivity index (χ3v) is 7.69. The second-order valence-corrected chi connectivity index (χ2v) is 12.5. The molecule has 0 aliphatic carbocycles. The van der Waals surface area contributed by atoms with Crippen LogP contribution in [0.1, 0.15) is 51.2 Å². The summed E-state index contributed by atoms with van der Waals surface area (Å²) >= 11 is 0. The fourth-order valence-corrected chi connectivity index (χ4v) is 5.07. The normalized spacial score (nSPS) is 13.8. The minimum atomic E-state index is -4.68. The lowest BCUT2D eigenvalue weighted by atomic mass is 9.80. The van der Waals surface area contributed by atoms with Crippen molar-refractivity contribution in [2.24, 2.45) is 5.92 Å². The van der Waals surface area contributed by atoms with E-state index in [1.54, 1.807) is 43.4 Å². The number of carbonyl (C=O) groups is 3. The molecule has 14 heteroatoms. The predicted octanol–water partition coefficient (Wildman–Crippen LogP) is 0.681. The summed E-state index contributed by atoms with van der Waals surface area (Å²) in [6.07, 6.45) is 2.97. The first-order valence-electron chi connectivity index (χ1n) is 14.7. The van der Waals surface area contributed by atoms with Gasteiger partial charge in [0.15, 0.2) is 11.6 Å². The first-order valence-corrected chi connectivity index (χ1v) is 16.2. The Balaban J connectivity index is 2.10. The summed E-state index contributed by atoms with van der Waals surface area (Å²) in [5.41, 5.74) is 1.78. The molecule has 0 heterocycles. The SMILES string of the molecule is CN[C@@H](Cc1ccc(OP(=O)(O)O)cc1)C(=O)CN[C@@H](Cc1ccc(B(O)O)cc1)C(=O)CN[C@@H](CCCC(C)C)C(C)=O. The van der Waals surface area contributed by atoms with Crippen LogP contribution < -0.4 is 25.9 Å². The van der Waals surface area contributed by atoms with Crippen LogP contribution in [0.15, 0.2) is 48.5 Å². The Morgan fingerprint density at radius 2 is 1.32 bits per heavy atom. The first kappa shape index (κ1) is 37.5. The molecule has 3 atom stereocenters. The van der Waals surface area contributed by atoms with Crippen LogP contribution in [-0.2, 0) is 31.8 Å². The average Bonchev–Trinajstić information content (AvgIpc) is 2.95. The molecule has 0 saturated heterocycles. The molecule has 0 aliphatic rings. The highest BCUT2D eigenvalue weighted by atomic mass is 31.2. The molecule has 44 heavy (non-hydrogen) atoms. The number of phosphoric acid groups is 1. The lowest BCUT2D eigenvalue weighted by Crippen LogP contribution is -2.50. The van der Waals surface area contributed by atoms with Crippen LogP contribution in [0.25, 0.3) is 0 Å². The maximum absolute atomic E-state index is 13.4. The lowest BCUT2D eigenvalue weighted by Gasteiger charge is -2.22. The molecule has 0 spiro atoms. The minimum absolute atomic E-state index is 0.000451. The van der Waals surface area contributed by atoms with Crippen molar-refractivity contribution in [3.63, 3.8) is 0 Å². The van der Waals surface area contributed by atoms with Crippen molar-refractivity contribution >= 4 is 37.8 Å². The van der Waals surface area contributed by atoms with Gasteiger partial charge in [-0.25, -0.2) is 4.57 Å². The maximum Gasteiger partial charge on any atom is 0.524 e. The van der Waals surface area contributed by atoms with Crippen molar-refractivity contribution < 1.29 is 43.3 Å². The number of nitrogens with one attached hydrogen (secondary N) is 3. The van der Waals surface area contributed by atoms with Crippen molar-refractivity contribution in [3.05, 3.63) is 59.7 Å². The minimum Gasteiger partial charge on any atom is -0.423 e. The number of hydrogen-bond donors (Lipinski definition) is 7. The highest BCUT2D eigenvalue weighted by Gasteiger charge is 2.25. The highest BCUT2D eigenvalue weighted by Crippen LogP contribution is 2.37. The quantitative estimate of drug-likeness (QED) is 0.0752. The molecular formula is C30H45BN3O9P. The fourth-order valence-electron chi connectivity index (χ4n) is 4.67. The van der Waals surface area contributed by atoms with Gasteiger partial charge < -0.3 is 30.5 Å². The van der Waals surface area contributed by atoms with Gasteiger partial charge in [0.1, 0.15) is 11.5 Å². The Morgan fingerprint density at radius 3 is 1.80 bits per heavy atom. The van der Waals surface area contributed by atoms with Crippen molar-refractivity contribution in [2.75, 3.05) is 20.1 Å². The zero-order valence-corrected chi connectivity index (χ0v) is 26.6. The highest BCUT2D eigenvalue weighted by molar-refractivity contribution is 7.46. The zero-order chi connectivity index (χ0) is 32.9. The Kier molecular flexibility index (Phi) is 15.6. The summed E-state index contributed by atoms with van der Waals surface area (Å²) in [6, 6.07) is 10.7. The lowest BCUT2D eigenvalue weighted by molar-refractivity contribution is -0.122. The first-order chi connectivity index (χ1) is 20.7. The number of ketones is 3. The average molecular weight is 633 g/mol. The topological polar surface area (TPSA) is 195 Å². The van der Waals surface area contributed by atoms with Crippen molar-refractivity contribution in [1.29, 1.82) is 0 Å². The van der Waals surface area contributed by atoms with Gasteiger partial charge >= 0.3 is 14.9 Å². The van der Waals surface area contributed by atoms with Gasteiger partial charge in [0, 0.05) is 0 Å². The molecule has 2 aromatic carbocycles. The molecule has 0 bridgehead atoms. The number of benzene rings is 2. The summed E-state index contributed by atoms with van der Waals surface area (Å²) in [6.45, 7) is 5.54. The number of Topliss-reactive ketones (excluding diaryl/α,β-unsaturated/α-hetero) is 3. The second kappa shape index (κ2) is 18.3. The monoisotopic (exact) mass is 633 g/mol. The Hall–Kier alpha value is -2.74. The van der Waals surface area contributed by atoms with Crippen LogP contribution in [0.4, 0.5) is 0 Å². The van der Waals surface area contributed by atoms with Gasteiger partial charge in [-0.2, -0.15) is 0 Å². The standard InChI is InChI=1S/C30H45BN3O9P/c1-20(2)6-5-7-26(21(3)35)33-19-30(37)28(17-22-8-12-24(13-9-22)31(38)39)34-18-29(36)27(32-4)16-23-10-14-25(15-11-23)43-44(40,41)42/h8-15,20,26-28,32-34,38-39H,5-7,16-19H2,1-4H3,(H2,40,41,42)/t26-,27-,28-/m0/s1. The molecule has 0 unspecified atom stereocenters. The summed E-state index contributed by atoms with van der Waals surface area (Å²) in [7, 11) is -4.66. The molecule has 0 fully saturated rings. The molecule has 0 amide bonds. The van der Waals surface area contributed by atoms with E-state index in [0.29, 0.717) is 17.8 Å². The van der Waals surface area contributed by atoms with E-state index >= 15 is 0 Å². The van der Waals surface area contributed by atoms with Gasteiger partial charge in [0.05, 0.1) is 31.2 Å². The summed E-state index contributed by atoms with van der Waals surface area (Å²) in [5, 5.41) is 28.0. The summed E-state index contributed by atoms with van der Waals surface area (Å²) in [5.74, 6) is 0.0390. The molecule has 12 nitrogen and oxygen atoms in total. The number of phosphoric ester groups is 1. The molecular weight excluding hydrogens is 588 g/mol. The maximum atomic E-state index is 13.4. The number of carbonyl (C=O) groups excluding carboxylic acids is 3. The van der Waals surface area contributed by atoms with Crippen LogP contribution in [0.3, 0.4) is 0 Å². The third-order valence-electron chi connectivity index (χ3n) is 7.24. The van der Waals surface area contributed by atoms with E-state index in [1.165, 1.54) is 19.1 Å². The third kappa shape index (κ3) is 13.9. The summed E-state index contributed by atoms with van der Waals surface area (Å²) < 4.78 is 15.6. The van der Waals surface area contributed by atoms with Crippen LogP contribution in [0.2, 0.25) is 0 Å². The zero-order valence-electron chi connectivity index (χ0n) is 25.7. The Bertz CT molecular complexity index is 1250. The van der Waals surface area contributed by atoms with Gasteiger partial charge in [-0.3, -0.25) is 24.2 Å². The van der Waals surface area contributed by atoms with E-state index in [9.17, 15) is 29.0 Å². The van der Waals surface area contributed by atoms with Crippen LogP contribution in [-0.4, -0.2) is 82.6 Å². The van der Waals surface area contributed by atoms with Crippen molar-refractivity contribution in [1.82, 2.24) is 16.0 Å². The number of hydrogen-bond acceptors (Lipinski definition) is 10. The van der Waals surface area contributed by atoms with E-state index in [1.807, 2.05) is 0 Å². The molecule has 0 radical (unpaired) electrons. The van der Waals surface area contributed by atoms with Gasteiger partial charge in [-0.15, -0.1) is 0 Å². The van der Waals surface area contributed by atoms with E-state index in [4.69, 9.17) is 9.79 Å². The Morgan fingerprint density at radius 1 is 0.818 bits per heavy atom. The van der Waals surface area contributed by atoms with E-state index in [-0.39, 0.29) is 49.0 Å². The second-order valence-electron chi connectivity index (χ2n) is 11.3. The largest absolute Gasteiger partial charge is 0.524 e. The van der Waals surface area contributed by atoms with Gasteiger partial charge in [0.2, 0.25) is 0 Å². The van der Waals surface area contributed by atoms with Crippen LogP contribution >= 0.6 is 7.82 Å². The molecule has 7 N–H and O–H groups in total. The summed E-state index contributed by atoms with van der Waals surface area (Å²) in [4.78, 5) is 56.7. The fraction of sp³-hybridized carbons (Fsp3) is 0.500. The Labute approximate surface area is 259 Å². The van der Waals surface area contributed by atoms with Gasteiger partial charge in [-0.1, -0.05) is 63.1 Å². The van der Waals surface area contributed by atoms with E-state index in [2.05, 4.69) is 34.3 Å². The number of rotatable bonds is 21. The van der Waals surface area contributed by atoms with Crippen LogP contribution in [0.5, 0.6) is 5.75 Å². The van der Waals surface area contributed by atoms with Crippen LogP contribution in [0, 0.1) is 5.92 Å². The van der Waals surface area contributed by atoms with Crippen molar-refractivity contribution in [3.8, 4) is 5.75 Å². The van der Waals surface area contributed by atoms with E-state index in [0.717, 1.165) is 24.0 Å². The molecule has 2 aromatic rings. The molecule has 0 aliphatic heterocycles. The van der Waals surface area contributed by atoms with E-state index < -0.39 is 33.1 Å².